The van der Waals surface area contributed by atoms with Crippen LogP contribution >= 0.6 is 50.5 Å². The third-order valence-corrected chi connectivity index (χ3v) is 18.0. The summed E-state index contributed by atoms with van der Waals surface area (Å²) in [5.74, 6) is 12.3. The Kier molecular flexibility index (Phi) is 34.2. The van der Waals surface area contributed by atoms with E-state index in [4.69, 9.17) is 24.8 Å². The first kappa shape index (κ1) is 85.9. The summed E-state index contributed by atoms with van der Waals surface area (Å²) in [5, 5.41) is 12.3. The van der Waals surface area contributed by atoms with Gasteiger partial charge >= 0.3 is 60.0 Å². The van der Waals surface area contributed by atoms with Crippen molar-refractivity contribution >= 4 is 62.5 Å². The van der Waals surface area contributed by atoms with Crippen molar-refractivity contribution in [3.63, 3.8) is 0 Å². The molecule has 5 aromatic carbocycles. The molecule has 0 saturated carbocycles. The first-order valence-electron chi connectivity index (χ1n) is 30.7. The van der Waals surface area contributed by atoms with Gasteiger partial charge in [0.05, 0.1) is 47.8 Å². The number of ether oxygens (including phenoxy) is 4. The van der Waals surface area contributed by atoms with Gasteiger partial charge < -0.3 is 41.2 Å². The van der Waals surface area contributed by atoms with Crippen LogP contribution in [0, 0.1) is 12.3 Å². The number of nitrogens with one attached hydrogen (secondary N) is 1. The minimum atomic E-state index is -4.37. The number of terminal acetylenes is 1. The van der Waals surface area contributed by atoms with E-state index in [2.05, 4.69) is 78.9 Å². The predicted molar refractivity (Wildman–Crippen MR) is 365 cm³/mol. The van der Waals surface area contributed by atoms with Gasteiger partial charge in [0.25, 0.3) is 0 Å². The monoisotopic (exact) mass is 1530 g/mol. The molecular weight excluding hydrogens is 1450 g/mol. The fourth-order valence-electron chi connectivity index (χ4n) is 9.76. The molecule has 1 atom stereocenters. The largest absolute Gasteiger partial charge is 1.00 e. The Morgan fingerprint density at radius 3 is 1.25 bits per heavy atom. The van der Waals surface area contributed by atoms with Crippen LogP contribution in [0.2, 0.25) is 0 Å². The molecule has 0 amide bonds. The molecular formula is C68H76BrF9N10NaO8S3-. The molecule has 3 aliphatic rings. The topological polar surface area (TPSA) is 255 Å². The van der Waals surface area contributed by atoms with Crippen molar-refractivity contribution in [3.8, 4) is 58.0 Å². The molecule has 3 aromatic heterocycles. The summed E-state index contributed by atoms with van der Waals surface area (Å²) in [6.45, 7) is 17.7. The van der Waals surface area contributed by atoms with Gasteiger partial charge in [-0.1, -0.05) is 64.5 Å². The number of hydrogen-bond donors (Lipinski definition) is 2. The van der Waals surface area contributed by atoms with Crippen molar-refractivity contribution < 1.29 is 108 Å². The van der Waals surface area contributed by atoms with Gasteiger partial charge in [-0.25, -0.2) is 24.5 Å². The Hall–Kier alpha value is -6.51. The van der Waals surface area contributed by atoms with E-state index in [1.807, 2.05) is 30.3 Å². The second-order valence-electron chi connectivity index (χ2n) is 23.2. The predicted octanol–water partition coefficient (Wildman–Crippen LogP) is 13.3. The normalized spacial score (nSPS) is 14.6. The second-order valence-corrected chi connectivity index (χ2v) is 26.2. The molecule has 0 aliphatic carbocycles. The number of hydrogen-bond acceptors (Lipinski definition) is 19. The number of carbonyl (C=O) groups is 2. The number of alkyl halides is 10. The Balaban J connectivity index is 0.000000305. The number of nitrogens with zero attached hydrogens (tertiary/aromatic N) is 8. The van der Waals surface area contributed by atoms with Crippen LogP contribution in [0.25, 0.3) is 40.0 Å². The van der Waals surface area contributed by atoms with Crippen molar-refractivity contribution in [1.82, 2.24) is 37.9 Å². The van der Waals surface area contributed by atoms with Crippen LogP contribution in [0.4, 0.5) is 39.5 Å². The van der Waals surface area contributed by atoms with E-state index in [9.17, 15) is 54.2 Å². The molecule has 100 heavy (non-hydrogen) atoms. The number of aromatic nitrogens is 6. The van der Waals surface area contributed by atoms with E-state index in [0.29, 0.717) is 76.8 Å². The molecule has 3 aliphatic heterocycles. The molecule has 0 radical (unpaired) electrons. The summed E-state index contributed by atoms with van der Waals surface area (Å²) in [5.41, 5.74) is 1.99. The zero-order chi connectivity index (χ0) is 72.0. The maximum Gasteiger partial charge on any atom is 1.00 e. The summed E-state index contributed by atoms with van der Waals surface area (Å²) < 4.78 is 148. The average molecular weight is 1530 g/mol. The number of carboxylic acid groups (broad SMARTS) is 1. The Labute approximate surface area is 617 Å². The number of carbonyl (C=O) groups excluding carboxylic acids is 1. The van der Waals surface area contributed by atoms with Crippen LogP contribution < -0.4 is 44.9 Å². The van der Waals surface area contributed by atoms with Crippen LogP contribution in [0.15, 0.2) is 109 Å². The number of benzene rings is 5. The maximum atomic E-state index is 12.8. The molecule has 1 unspecified atom stereocenters. The number of rotatable bonds is 15. The summed E-state index contributed by atoms with van der Waals surface area (Å²) >= 11 is 6.98. The number of halogens is 10. The van der Waals surface area contributed by atoms with Gasteiger partial charge in [-0.05, 0) is 205 Å². The molecule has 1 fully saturated rings. The quantitative estimate of drug-likeness (QED) is 0.0184. The molecule has 0 bridgehead atoms. The Bertz CT molecular complexity index is 3870. The molecule has 1 saturated heterocycles. The molecule has 5 N–H and O–H groups in total. The van der Waals surface area contributed by atoms with E-state index in [-0.39, 0.29) is 35.0 Å². The van der Waals surface area contributed by atoms with E-state index in [1.54, 1.807) is 33.8 Å². The number of carboxylic acids is 1. The summed E-state index contributed by atoms with van der Waals surface area (Å²) in [6.07, 6.45) is -2.08. The fourth-order valence-corrected chi connectivity index (χ4v) is 12.1. The summed E-state index contributed by atoms with van der Waals surface area (Å²) in [6, 6.07) is 26.2. The van der Waals surface area contributed by atoms with E-state index in [1.165, 1.54) is 114 Å². The first-order chi connectivity index (χ1) is 46.4. The van der Waals surface area contributed by atoms with Crippen molar-refractivity contribution in [2.45, 2.75) is 141 Å². The zero-order valence-corrected chi connectivity index (χ0v) is 62.2. The van der Waals surface area contributed by atoms with Gasteiger partial charge in [0, 0.05) is 49.5 Å². The van der Waals surface area contributed by atoms with E-state index >= 15 is 0 Å². The van der Waals surface area contributed by atoms with Crippen molar-refractivity contribution in [2.75, 3.05) is 39.4 Å². The standard InChI is InChI=1S/C26H28F3N3O3S.C24H24F3N3O3S.C10H6BrF3N2S.C5H10O.C3H4.H3N2.Na.H2O/c1-4-34-24(33)25(2,3)35-21-10-7-17-11-13-32(14-12-19(17)15-21)16-22-30-23(31-36-22)18-5-8-20(9-6-18)26(27,28)29;1-23(2,22(31)32)33-19-8-5-15-9-11-30(12-10-17(15)13-19)14-20-28-21(29-34-20)16-3-6-18(7-4-16)24(25,26)27;11-5-8-15-9(16-17-8)6-1-3-7(4-2-6)10(12,13)14;1-5-3-2-4-6-5;1-3-2;1-2;;/h5-10,15H,4,11-14,16H2,1-3H3;3-8,13H,9-12,14H2,1-2H3,(H,31,32);1-4H,5H2;5H,2-4H2,1H3;1H,2H3;1H,2H2;;1H2/q;;;;;-1;+1;/p-1. The van der Waals surface area contributed by atoms with Crippen LogP contribution in [-0.2, 0) is 81.7 Å². The number of aliphatic carboxylic acids is 1. The maximum absolute atomic E-state index is 12.8. The molecule has 11 rings (SSSR count). The fraction of sp³-hybridized carbons (Fsp3) is 0.412. The summed E-state index contributed by atoms with van der Waals surface area (Å²) in [4.78, 5) is 41.3. The Morgan fingerprint density at radius 1 is 0.620 bits per heavy atom. The van der Waals surface area contributed by atoms with Gasteiger partial charge in [0.15, 0.2) is 28.7 Å². The minimum Gasteiger partial charge on any atom is -0.870 e. The zero-order valence-electron chi connectivity index (χ0n) is 56.2. The van der Waals surface area contributed by atoms with E-state index in [0.717, 1.165) is 115 Å². The first-order valence-corrected chi connectivity index (χ1v) is 34.1. The third kappa shape index (κ3) is 26.4. The van der Waals surface area contributed by atoms with Gasteiger partial charge in [-0.3, -0.25) is 9.80 Å². The molecule has 6 heterocycles. The van der Waals surface area contributed by atoms with Crippen LogP contribution in [0.5, 0.6) is 11.5 Å². The van der Waals surface area contributed by atoms with E-state index < -0.39 is 58.4 Å². The Morgan fingerprint density at radius 2 is 0.960 bits per heavy atom. The SMILES string of the molecule is C#CC.CC(C)(Oc1ccc2c(c1)CCN(Cc1nc(-c3ccc(C(F)(F)F)cc3)ns1)CC2)C(=O)O.CC1CCCO1.CCOC(=O)C(C)(C)Oc1ccc2c(c1)CCN(Cc1nc(-c3ccc(C(F)(F)F)cc3)ns1)CC2.FC(F)(F)c1ccc(-c2nsc(CBr)n2)cc1.[NH-]N.[Na+].[OH-]. The van der Waals surface area contributed by atoms with Crippen molar-refractivity contribution in [2.24, 2.45) is 5.84 Å². The molecule has 536 valence electrons. The minimum absolute atomic E-state index is 0. The molecule has 32 heteroatoms. The van der Waals surface area contributed by atoms with Gasteiger partial charge in [-0.2, -0.15) is 52.6 Å². The molecule has 18 nitrogen and oxygen atoms in total. The third-order valence-electron chi connectivity index (χ3n) is 15.0. The summed E-state index contributed by atoms with van der Waals surface area (Å²) in [7, 11) is 0. The van der Waals surface area contributed by atoms with Crippen LogP contribution in [0.1, 0.15) is 115 Å². The molecule has 8 aromatic rings. The second kappa shape index (κ2) is 39.8. The number of esters is 1. The van der Waals surface area contributed by atoms with Crippen molar-refractivity contribution in [1.29, 1.82) is 0 Å². The smallest absolute Gasteiger partial charge is 0.870 e. The number of fused-ring (bicyclic) bond motifs is 2. The van der Waals surface area contributed by atoms with Gasteiger partial charge in [-0.15, -0.1) is 12.3 Å². The van der Waals surface area contributed by atoms with Crippen molar-refractivity contribution in [3.05, 3.63) is 169 Å². The van der Waals surface area contributed by atoms with Gasteiger partial charge in [0.2, 0.25) is 0 Å². The van der Waals surface area contributed by atoms with Crippen LogP contribution in [0.3, 0.4) is 0 Å². The molecule has 0 spiro atoms. The number of nitrogens with two attached hydrogens (primary N) is 1. The van der Waals surface area contributed by atoms with Gasteiger partial charge in [0.1, 0.15) is 26.5 Å². The average Bonchev–Trinajstić information content (AvgIpc) is 1.52. The van der Waals surface area contributed by atoms with Crippen LogP contribution in [-0.4, -0.2) is 117 Å².